The Balaban J connectivity index is 3.43. The Morgan fingerprint density at radius 3 is 1.54 bits per heavy atom. The number of hydrogen-bond acceptors (Lipinski definition) is 2. The lowest BCUT2D eigenvalue weighted by atomic mass is 9.84. The van der Waals surface area contributed by atoms with Gasteiger partial charge in [0.1, 0.15) is 0 Å². The average Bonchev–Trinajstić information content (AvgIpc) is 2.45. The Bertz CT molecular complexity index is 518. The predicted molar refractivity (Wildman–Crippen MR) is 60.2 cm³/mol. The zero-order valence-electron chi connectivity index (χ0n) is 12.0. The van der Waals surface area contributed by atoms with Crippen LogP contribution in [0.3, 0.4) is 0 Å². The third kappa shape index (κ3) is 3.11. The molecule has 15 heteroatoms. The minimum absolute atomic E-state index is 0.470. The summed E-state index contributed by atoms with van der Waals surface area (Å²) in [5.41, 5.74) is 0. The van der Waals surface area contributed by atoms with Gasteiger partial charge in [-0.25, -0.2) is 0 Å². The van der Waals surface area contributed by atoms with Crippen LogP contribution in [0.4, 0.5) is 52.7 Å². The molecule has 0 aromatic carbocycles. The van der Waals surface area contributed by atoms with Gasteiger partial charge >= 0.3 is 35.0 Å². The molecule has 1 rings (SSSR count). The number of ether oxygens (including phenoxy) is 1. The van der Waals surface area contributed by atoms with Gasteiger partial charge in [0.2, 0.25) is 0 Å². The molecule has 156 valence electrons. The van der Waals surface area contributed by atoms with Crippen LogP contribution >= 0.6 is 11.6 Å². The van der Waals surface area contributed by atoms with Crippen molar-refractivity contribution in [2.45, 2.75) is 54.1 Å². The lowest BCUT2D eigenvalue weighted by Gasteiger charge is -2.43. The van der Waals surface area contributed by atoms with Gasteiger partial charge in [-0.3, -0.25) is 0 Å². The van der Waals surface area contributed by atoms with Gasteiger partial charge < -0.3 is 9.84 Å². The largest absolute Gasteiger partial charge is 0.393 e. The average molecular weight is 437 g/mol. The normalized spacial score (nSPS) is 24.7. The van der Waals surface area contributed by atoms with Gasteiger partial charge in [-0.1, -0.05) is 0 Å². The molecule has 0 bridgehead atoms. The van der Waals surface area contributed by atoms with Gasteiger partial charge in [-0.2, -0.15) is 52.7 Å². The SMILES string of the molecule is O[C@@H]1OCCC[C@H]1C(F)(F)C(F)(F)C(F)(F)C(F)(F)C(F)(F)C(F)(F)Cl. The summed E-state index contributed by atoms with van der Waals surface area (Å²) in [4.78, 5) is 0. The van der Waals surface area contributed by atoms with E-state index >= 15 is 0 Å². The maximum atomic E-state index is 13.8. The third-order valence-corrected chi connectivity index (χ3v) is 3.95. The van der Waals surface area contributed by atoms with Crippen LogP contribution in [-0.4, -0.2) is 53.0 Å². The topological polar surface area (TPSA) is 29.5 Å². The van der Waals surface area contributed by atoms with E-state index in [4.69, 9.17) is 5.11 Å². The zero-order chi connectivity index (χ0) is 21.0. The van der Waals surface area contributed by atoms with Crippen LogP contribution in [0.25, 0.3) is 0 Å². The highest BCUT2D eigenvalue weighted by atomic mass is 35.5. The summed E-state index contributed by atoms with van der Waals surface area (Å²) in [6.07, 6.45) is -4.44. The minimum Gasteiger partial charge on any atom is -0.367 e. The van der Waals surface area contributed by atoms with E-state index in [1.54, 1.807) is 0 Å². The zero-order valence-corrected chi connectivity index (χ0v) is 12.8. The molecule has 0 radical (unpaired) electrons. The molecule has 0 saturated carbocycles. The van der Waals surface area contributed by atoms with Crippen molar-refractivity contribution in [3.05, 3.63) is 0 Å². The molecule has 1 heterocycles. The highest BCUT2D eigenvalue weighted by Gasteiger charge is 2.90. The van der Waals surface area contributed by atoms with Crippen LogP contribution in [0.2, 0.25) is 0 Å². The monoisotopic (exact) mass is 436 g/mol. The number of alkyl halides is 13. The maximum absolute atomic E-state index is 13.8. The van der Waals surface area contributed by atoms with Crippen molar-refractivity contribution in [3.8, 4) is 0 Å². The summed E-state index contributed by atoms with van der Waals surface area (Å²) in [7, 11) is 0. The third-order valence-electron chi connectivity index (χ3n) is 3.72. The fourth-order valence-corrected chi connectivity index (χ4v) is 2.26. The highest BCUT2D eigenvalue weighted by Crippen LogP contribution is 2.62. The number of halogens is 13. The fraction of sp³-hybridized carbons (Fsp3) is 1.00. The first-order valence-electron chi connectivity index (χ1n) is 6.52. The van der Waals surface area contributed by atoms with E-state index in [1.165, 1.54) is 0 Å². The van der Waals surface area contributed by atoms with E-state index in [-0.39, 0.29) is 0 Å². The van der Waals surface area contributed by atoms with Crippen molar-refractivity contribution in [1.82, 2.24) is 0 Å². The van der Waals surface area contributed by atoms with Crippen molar-refractivity contribution in [3.63, 3.8) is 0 Å². The first kappa shape index (κ1) is 23.4. The number of aliphatic hydroxyl groups excluding tert-OH is 1. The van der Waals surface area contributed by atoms with Gasteiger partial charge in [0.05, 0.1) is 5.92 Å². The van der Waals surface area contributed by atoms with Gasteiger partial charge in [-0.15, -0.1) is 0 Å². The Morgan fingerprint density at radius 1 is 0.731 bits per heavy atom. The van der Waals surface area contributed by atoms with E-state index in [2.05, 4.69) is 16.3 Å². The molecular weight excluding hydrogens is 428 g/mol. The van der Waals surface area contributed by atoms with Crippen molar-refractivity contribution in [2.75, 3.05) is 6.61 Å². The quantitative estimate of drug-likeness (QED) is 0.481. The molecule has 0 unspecified atom stereocenters. The first-order valence-corrected chi connectivity index (χ1v) is 6.90. The number of aliphatic hydroxyl groups is 1. The predicted octanol–water partition coefficient (Wildman–Crippen LogP) is 4.74. The summed E-state index contributed by atoms with van der Waals surface area (Å²) >= 11 is 3.56. The van der Waals surface area contributed by atoms with Crippen LogP contribution in [0.15, 0.2) is 0 Å². The first-order chi connectivity index (χ1) is 11.3. The van der Waals surface area contributed by atoms with Crippen molar-refractivity contribution in [1.29, 1.82) is 0 Å². The number of rotatable bonds is 6. The standard InChI is InChI=1S/C11H9ClF12O2/c12-11(23,24)10(21,22)9(19,20)8(17,18)7(15,16)6(13,14)4-2-1-3-26-5(4)25/h4-5,25H,1-3H2/t4-,5-/m1/s1. The van der Waals surface area contributed by atoms with Gasteiger partial charge in [0.15, 0.2) is 6.29 Å². The van der Waals surface area contributed by atoms with E-state index in [0.29, 0.717) is 0 Å². The molecule has 2 atom stereocenters. The Hall–Kier alpha value is -0.630. The molecule has 1 fully saturated rings. The molecule has 1 saturated heterocycles. The highest BCUT2D eigenvalue weighted by molar-refractivity contribution is 6.22. The summed E-state index contributed by atoms with van der Waals surface area (Å²) in [5, 5.41) is 2.59. The van der Waals surface area contributed by atoms with Gasteiger partial charge in [0, 0.05) is 6.61 Å². The maximum Gasteiger partial charge on any atom is 0.393 e. The lowest BCUT2D eigenvalue weighted by Crippen LogP contribution is -2.71. The fourth-order valence-electron chi connectivity index (χ4n) is 2.14. The Labute approximate surface area is 142 Å². The van der Waals surface area contributed by atoms with E-state index in [1.807, 2.05) is 0 Å². The molecule has 26 heavy (non-hydrogen) atoms. The second kappa shape index (κ2) is 6.47. The molecule has 0 spiro atoms. The second-order valence-electron chi connectivity index (χ2n) is 5.43. The molecule has 0 amide bonds. The van der Waals surface area contributed by atoms with Gasteiger partial charge in [0.25, 0.3) is 0 Å². The van der Waals surface area contributed by atoms with Crippen LogP contribution in [-0.2, 0) is 4.74 Å². The number of hydrogen-bond donors (Lipinski definition) is 1. The van der Waals surface area contributed by atoms with Crippen molar-refractivity contribution >= 4 is 11.6 Å². The van der Waals surface area contributed by atoms with Crippen LogP contribution < -0.4 is 0 Å². The smallest absolute Gasteiger partial charge is 0.367 e. The summed E-state index contributed by atoms with van der Waals surface area (Å²) in [5.74, 6) is -39.4. The van der Waals surface area contributed by atoms with Crippen LogP contribution in [0, 0.1) is 5.92 Å². The molecule has 1 aliphatic rings. The van der Waals surface area contributed by atoms with Crippen LogP contribution in [0.5, 0.6) is 0 Å². The minimum atomic E-state index is -7.70. The second-order valence-corrected chi connectivity index (χ2v) is 5.90. The molecule has 1 aliphatic heterocycles. The Morgan fingerprint density at radius 2 is 1.15 bits per heavy atom. The molecule has 2 nitrogen and oxygen atoms in total. The molecule has 1 N–H and O–H groups in total. The van der Waals surface area contributed by atoms with E-state index in [9.17, 15) is 52.7 Å². The van der Waals surface area contributed by atoms with E-state index in [0.717, 1.165) is 0 Å². The van der Waals surface area contributed by atoms with Crippen LogP contribution in [0.1, 0.15) is 12.8 Å². The summed E-state index contributed by atoms with van der Waals surface area (Å²) in [6.45, 7) is -0.470. The summed E-state index contributed by atoms with van der Waals surface area (Å²) < 4.78 is 162. The summed E-state index contributed by atoms with van der Waals surface area (Å²) in [6, 6.07) is 0. The molecular formula is C11H9ClF12O2. The van der Waals surface area contributed by atoms with Gasteiger partial charge in [-0.05, 0) is 24.4 Å². The lowest BCUT2D eigenvalue weighted by molar-refractivity contribution is -0.428. The van der Waals surface area contributed by atoms with Crippen molar-refractivity contribution < 1.29 is 62.5 Å². The Kier molecular flexibility index (Phi) is 5.82. The van der Waals surface area contributed by atoms with E-state index < -0.39 is 66.7 Å². The van der Waals surface area contributed by atoms with Crippen molar-refractivity contribution in [2.24, 2.45) is 5.92 Å². The molecule has 0 aromatic heterocycles. The molecule has 0 aromatic rings. The molecule has 0 aliphatic carbocycles.